The molecule has 0 radical (unpaired) electrons. The fourth-order valence-corrected chi connectivity index (χ4v) is 3.25. The van der Waals surface area contributed by atoms with Crippen LogP contribution in [0.2, 0.25) is 5.02 Å². The van der Waals surface area contributed by atoms with Crippen molar-refractivity contribution in [2.45, 2.75) is 12.8 Å². The van der Waals surface area contributed by atoms with E-state index in [4.69, 9.17) is 16.9 Å². The van der Waals surface area contributed by atoms with E-state index in [-0.39, 0.29) is 17.7 Å². The van der Waals surface area contributed by atoms with Crippen LogP contribution in [-0.2, 0) is 4.79 Å². The summed E-state index contributed by atoms with van der Waals surface area (Å²) in [6.07, 6.45) is 1.21. The van der Waals surface area contributed by atoms with Gasteiger partial charge in [-0.2, -0.15) is 5.26 Å². The van der Waals surface area contributed by atoms with Gasteiger partial charge in [-0.3, -0.25) is 9.59 Å². The van der Waals surface area contributed by atoms with Gasteiger partial charge in [0.25, 0.3) is 5.91 Å². The van der Waals surface area contributed by atoms with E-state index in [1.807, 2.05) is 0 Å². The zero-order valence-corrected chi connectivity index (χ0v) is 14.9. The number of nitrogens with one attached hydrogen (secondary N) is 1. The standard InChI is InChI=1S/C20H18ClN3O2/c21-17-5-2-4-16(12-17)20(26)24-9-7-15(8-10-24)19(25)23-18-6-1-3-14(11-18)13-22/h1-6,11-12,15H,7-10H2,(H,23,25). The summed E-state index contributed by atoms with van der Waals surface area (Å²) in [5.41, 5.74) is 1.69. The summed E-state index contributed by atoms with van der Waals surface area (Å²) in [6.45, 7) is 1.06. The van der Waals surface area contributed by atoms with E-state index >= 15 is 0 Å². The molecule has 0 atom stereocenters. The minimum atomic E-state index is -0.149. The molecule has 26 heavy (non-hydrogen) atoms. The number of hydrogen-bond donors (Lipinski definition) is 1. The van der Waals surface area contributed by atoms with Gasteiger partial charge >= 0.3 is 0 Å². The van der Waals surface area contributed by atoms with Gasteiger partial charge in [0, 0.05) is 35.3 Å². The molecule has 0 unspecified atom stereocenters. The molecule has 1 fully saturated rings. The molecule has 2 amide bonds. The number of hydrogen-bond acceptors (Lipinski definition) is 3. The van der Waals surface area contributed by atoms with E-state index in [9.17, 15) is 9.59 Å². The first-order valence-electron chi connectivity index (χ1n) is 8.42. The Balaban J connectivity index is 1.57. The maximum Gasteiger partial charge on any atom is 0.253 e. The number of piperidine rings is 1. The van der Waals surface area contributed by atoms with Gasteiger partial charge in [-0.05, 0) is 49.2 Å². The lowest BCUT2D eigenvalue weighted by atomic mass is 9.95. The highest BCUT2D eigenvalue weighted by Crippen LogP contribution is 2.22. The van der Waals surface area contributed by atoms with Gasteiger partial charge in [0.1, 0.15) is 0 Å². The topological polar surface area (TPSA) is 73.2 Å². The second-order valence-electron chi connectivity index (χ2n) is 6.26. The molecule has 0 aliphatic carbocycles. The van der Waals surface area contributed by atoms with Gasteiger partial charge in [0.2, 0.25) is 5.91 Å². The average molecular weight is 368 g/mol. The predicted molar refractivity (Wildman–Crippen MR) is 99.9 cm³/mol. The van der Waals surface area contributed by atoms with Gasteiger partial charge in [-0.1, -0.05) is 23.7 Å². The largest absolute Gasteiger partial charge is 0.339 e. The molecule has 1 N–H and O–H groups in total. The number of carbonyl (C=O) groups excluding carboxylic acids is 2. The fraction of sp³-hybridized carbons (Fsp3) is 0.250. The molecule has 0 spiro atoms. The van der Waals surface area contributed by atoms with Gasteiger partial charge in [-0.15, -0.1) is 0 Å². The molecule has 5 nitrogen and oxygen atoms in total. The van der Waals surface area contributed by atoms with E-state index in [2.05, 4.69) is 11.4 Å². The Morgan fingerprint density at radius 3 is 2.54 bits per heavy atom. The molecule has 3 rings (SSSR count). The number of anilines is 1. The van der Waals surface area contributed by atoms with E-state index in [0.717, 1.165) is 0 Å². The van der Waals surface area contributed by atoms with Crippen molar-refractivity contribution in [1.82, 2.24) is 4.90 Å². The summed E-state index contributed by atoms with van der Waals surface area (Å²) >= 11 is 5.95. The first kappa shape index (κ1) is 18.0. The quantitative estimate of drug-likeness (QED) is 0.898. The molecular formula is C20H18ClN3O2. The lowest BCUT2D eigenvalue weighted by molar-refractivity contribution is -0.121. The summed E-state index contributed by atoms with van der Waals surface area (Å²) in [5, 5.41) is 12.3. The van der Waals surface area contributed by atoms with Crippen molar-refractivity contribution in [1.29, 1.82) is 5.26 Å². The van der Waals surface area contributed by atoms with Crippen LogP contribution >= 0.6 is 11.6 Å². The SMILES string of the molecule is N#Cc1cccc(NC(=O)C2CCN(C(=O)c3cccc(Cl)c3)CC2)c1. The van der Waals surface area contributed by atoms with Crippen LogP contribution in [-0.4, -0.2) is 29.8 Å². The Bertz CT molecular complexity index is 867. The highest BCUT2D eigenvalue weighted by atomic mass is 35.5. The number of benzene rings is 2. The highest BCUT2D eigenvalue weighted by Gasteiger charge is 2.28. The van der Waals surface area contributed by atoms with Crippen LogP contribution in [0.25, 0.3) is 0 Å². The second-order valence-corrected chi connectivity index (χ2v) is 6.70. The van der Waals surface area contributed by atoms with Crippen molar-refractivity contribution in [3.05, 3.63) is 64.7 Å². The van der Waals surface area contributed by atoms with Crippen molar-refractivity contribution in [2.75, 3.05) is 18.4 Å². The van der Waals surface area contributed by atoms with Crippen LogP contribution in [0.3, 0.4) is 0 Å². The van der Waals surface area contributed by atoms with Crippen molar-refractivity contribution in [3.63, 3.8) is 0 Å². The summed E-state index contributed by atoms with van der Waals surface area (Å²) < 4.78 is 0. The minimum Gasteiger partial charge on any atom is -0.339 e. The lowest BCUT2D eigenvalue weighted by Gasteiger charge is -2.31. The Morgan fingerprint density at radius 1 is 1.12 bits per heavy atom. The third-order valence-corrected chi connectivity index (χ3v) is 4.72. The molecule has 1 aliphatic rings. The summed E-state index contributed by atoms with van der Waals surface area (Å²) in [5.74, 6) is -0.285. The third kappa shape index (κ3) is 4.22. The second kappa shape index (κ2) is 8.03. The molecule has 132 valence electrons. The summed E-state index contributed by atoms with van der Waals surface area (Å²) in [4.78, 5) is 26.7. The Kier molecular flexibility index (Phi) is 5.55. The number of likely N-dealkylation sites (tertiary alicyclic amines) is 1. The van der Waals surface area contributed by atoms with Crippen LogP contribution in [0.5, 0.6) is 0 Å². The van der Waals surface area contributed by atoms with E-state index in [1.54, 1.807) is 53.4 Å². The molecule has 0 saturated carbocycles. The number of rotatable bonds is 3. The number of nitriles is 1. The van der Waals surface area contributed by atoms with Gasteiger partial charge < -0.3 is 10.2 Å². The van der Waals surface area contributed by atoms with Crippen LogP contribution in [0.15, 0.2) is 48.5 Å². The Labute approximate surface area is 157 Å². The molecule has 2 aromatic carbocycles. The van der Waals surface area contributed by atoms with Crippen LogP contribution in [0, 0.1) is 17.2 Å². The van der Waals surface area contributed by atoms with Gasteiger partial charge in [0.15, 0.2) is 0 Å². The number of amides is 2. The van der Waals surface area contributed by atoms with Crippen molar-refractivity contribution >= 4 is 29.1 Å². The lowest BCUT2D eigenvalue weighted by Crippen LogP contribution is -2.41. The first-order chi connectivity index (χ1) is 12.6. The molecule has 2 aromatic rings. The first-order valence-corrected chi connectivity index (χ1v) is 8.80. The number of nitrogens with zero attached hydrogens (tertiary/aromatic N) is 2. The smallest absolute Gasteiger partial charge is 0.253 e. The van der Waals surface area contributed by atoms with Crippen molar-refractivity contribution in [2.24, 2.45) is 5.92 Å². The molecule has 1 saturated heterocycles. The predicted octanol–water partition coefficient (Wildman–Crippen LogP) is 3.70. The third-order valence-electron chi connectivity index (χ3n) is 4.48. The number of halogens is 1. The molecule has 1 aliphatic heterocycles. The van der Waals surface area contributed by atoms with Crippen molar-refractivity contribution in [3.8, 4) is 6.07 Å². The van der Waals surface area contributed by atoms with E-state index in [0.29, 0.717) is 47.8 Å². The molecule has 0 bridgehead atoms. The fourth-order valence-electron chi connectivity index (χ4n) is 3.06. The highest BCUT2D eigenvalue weighted by molar-refractivity contribution is 6.30. The average Bonchev–Trinajstić information content (AvgIpc) is 2.67. The molecule has 1 heterocycles. The molecule has 0 aromatic heterocycles. The normalized spacial score (nSPS) is 14.5. The van der Waals surface area contributed by atoms with E-state index < -0.39 is 0 Å². The van der Waals surface area contributed by atoms with Crippen LogP contribution < -0.4 is 5.32 Å². The minimum absolute atomic E-state index is 0.0620. The summed E-state index contributed by atoms with van der Waals surface area (Å²) in [7, 11) is 0. The zero-order chi connectivity index (χ0) is 18.5. The zero-order valence-electron chi connectivity index (χ0n) is 14.1. The van der Waals surface area contributed by atoms with Crippen LogP contribution in [0.1, 0.15) is 28.8 Å². The Morgan fingerprint density at radius 2 is 1.85 bits per heavy atom. The molecule has 6 heteroatoms. The number of carbonyl (C=O) groups is 2. The van der Waals surface area contributed by atoms with Gasteiger partial charge in [0.05, 0.1) is 11.6 Å². The maximum atomic E-state index is 12.5. The maximum absolute atomic E-state index is 12.5. The summed E-state index contributed by atoms with van der Waals surface area (Å²) in [6, 6.07) is 15.8. The Hall–Kier alpha value is -2.84. The van der Waals surface area contributed by atoms with Crippen molar-refractivity contribution < 1.29 is 9.59 Å². The molecular weight excluding hydrogens is 350 g/mol. The monoisotopic (exact) mass is 367 g/mol. The van der Waals surface area contributed by atoms with E-state index in [1.165, 1.54) is 0 Å². The van der Waals surface area contributed by atoms with Crippen LogP contribution in [0.4, 0.5) is 5.69 Å². The van der Waals surface area contributed by atoms with Gasteiger partial charge in [-0.25, -0.2) is 0 Å².